The molecule has 0 bridgehead atoms. The molecule has 3 unspecified atom stereocenters. The van der Waals surface area contributed by atoms with Gasteiger partial charge in [-0.3, -0.25) is 0 Å². The fourth-order valence-corrected chi connectivity index (χ4v) is 2.33. The molecule has 0 aromatic heterocycles. The van der Waals surface area contributed by atoms with Crippen molar-refractivity contribution in [2.75, 3.05) is 0 Å². The molecule has 0 amide bonds. The largest absolute Gasteiger partial charge is 0.0999 e. The molecule has 0 aliphatic carbocycles. The molecule has 3 atom stereocenters. The Kier molecular flexibility index (Phi) is 5.62. The zero-order chi connectivity index (χ0) is 12.2. The van der Waals surface area contributed by atoms with E-state index >= 15 is 0 Å². The summed E-state index contributed by atoms with van der Waals surface area (Å²) in [6, 6.07) is 0. The topological polar surface area (TPSA) is 0 Å². The first-order chi connectivity index (χ1) is 6.72. The van der Waals surface area contributed by atoms with Crippen LogP contribution in [0, 0.1) is 23.2 Å². The van der Waals surface area contributed by atoms with Crippen LogP contribution in [-0.2, 0) is 0 Å². The van der Waals surface area contributed by atoms with E-state index in [2.05, 4.69) is 55.0 Å². The highest BCUT2D eigenvalue weighted by Gasteiger charge is 2.31. The van der Waals surface area contributed by atoms with Gasteiger partial charge in [0.1, 0.15) is 0 Å². The normalized spacial score (nSPS) is 18.3. The minimum Gasteiger partial charge on any atom is -0.0999 e. The summed E-state index contributed by atoms with van der Waals surface area (Å²) in [5, 5.41) is 0. The third kappa shape index (κ3) is 4.40. The molecule has 0 nitrogen and oxygen atoms in total. The van der Waals surface area contributed by atoms with Crippen LogP contribution in [0.4, 0.5) is 0 Å². The van der Waals surface area contributed by atoms with Gasteiger partial charge in [0.05, 0.1) is 0 Å². The summed E-state index contributed by atoms with van der Waals surface area (Å²) in [4.78, 5) is 0. The maximum Gasteiger partial charge on any atom is -0.0206 e. The van der Waals surface area contributed by atoms with E-state index in [-0.39, 0.29) is 0 Å². The van der Waals surface area contributed by atoms with Gasteiger partial charge < -0.3 is 0 Å². The Morgan fingerprint density at radius 1 is 1.20 bits per heavy atom. The highest BCUT2D eigenvalue weighted by molar-refractivity contribution is 4.99. The SMILES string of the molecule is C=C(C)C(C)C(C)C(C)(C)CC(C)CC. The molecule has 0 fully saturated rings. The number of rotatable bonds is 6. The van der Waals surface area contributed by atoms with Crippen LogP contribution in [0.15, 0.2) is 12.2 Å². The van der Waals surface area contributed by atoms with E-state index in [1.807, 2.05) is 0 Å². The Hall–Kier alpha value is -0.260. The Morgan fingerprint density at radius 2 is 1.67 bits per heavy atom. The average Bonchev–Trinajstić information content (AvgIpc) is 2.14. The van der Waals surface area contributed by atoms with Gasteiger partial charge in [0.15, 0.2) is 0 Å². The molecule has 0 N–H and O–H groups in total. The second kappa shape index (κ2) is 5.72. The summed E-state index contributed by atoms with van der Waals surface area (Å²) in [5.41, 5.74) is 1.74. The van der Waals surface area contributed by atoms with Gasteiger partial charge in [0, 0.05) is 0 Å². The maximum atomic E-state index is 4.09. The second-order valence-corrected chi connectivity index (χ2v) is 6.13. The Labute approximate surface area is 97.2 Å². The molecule has 0 aliphatic heterocycles. The van der Waals surface area contributed by atoms with Gasteiger partial charge in [-0.15, -0.1) is 0 Å². The van der Waals surface area contributed by atoms with Crippen LogP contribution < -0.4 is 0 Å². The van der Waals surface area contributed by atoms with Crippen molar-refractivity contribution in [2.24, 2.45) is 23.2 Å². The van der Waals surface area contributed by atoms with E-state index in [1.54, 1.807) is 0 Å². The summed E-state index contributed by atoms with van der Waals surface area (Å²) in [5.74, 6) is 2.17. The summed E-state index contributed by atoms with van der Waals surface area (Å²) in [6.07, 6.45) is 2.61. The quantitative estimate of drug-likeness (QED) is 0.522. The fourth-order valence-electron chi connectivity index (χ4n) is 2.33. The van der Waals surface area contributed by atoms with Gasteiger partial charge in [-0.2, -0.15) is 0 Å². The first kappa shape index (κ1) is 14.7. The van der Waals surface area contributed by atoms with Crippen molar-refractivity contribution in [3.63, 3.8) is 0 Å². The maximum absolute atomic E-state index is 4.09. The van der Waals surface area contributed by atoms with Gasteiger partial charge in [-0.1, -0.05) is 60.1 Å². The molecule has 0 heteroatoms. The van der Waals surface area contributed by atoms with Crippen LogP contribution in [0.3, 0.4) is 0 Å². The lowest BCUT2D eigenvalue weighted by molar-refractivity contribution is 0.143. The van der Waals surface area contributed by atoms with Crippen molar-refractivity contribution >= 4 is 0 Å². The molecule has 15 heavy (non-hydrogen) atoms. The van der Waals surface area contributed by atoms with E-state index < -0.39 is 0 Å². The van der Waals surface area contributed by atoms with Crippen LogP contribution in [0.1, 0.15) is 61.3 Å². The van der Waals surface area contributed by atoms with Crippen molar-refractivity contribution < 1.29 is 0 Å². The summed E-state index contributed by atoms with van der Waals surface area (Å²) in [7, 11) is 0. The molecule has 0 aromatic carbocycles. The van der Waals surface area contributed by atoms with Crippen LogP contribution >= 0.6 is 0 Å². The zero-order valence-corrected chi connectivity index (χ0v) is 11.9. The van der Waals surface area contributed by atoms with Gasteiger partial charge in [0.25, 0.3) is 0 Å². The minimum atomic E-state index is 0.424. The van der Waals surface area contributed by atoms with Crippen molar-refractivity contribution in [1.29, 1.82) is 0 Å². The first-order valence-electron chi connectivity index (χ1n) is 6.37. The third-order valence-corrected chi connectivity index (χ3v) is 4.33. The summed E-state index contributed by atoms with van der Waals surface area (Å²) in [6.45, 7) is 20.4. The Bertz CT molecular complexity index is 200. The zero-order valence-electron chi connectivity index (χ0n) is 11.9. The van der Waals surface area contributed by atoms with Gasteiger partial charge in [-0.25, -0.2) is 0 Å². The molecule has 0 saturated heterocycles. The minimum absolute atomic E-state index is 0.424. The first-order valence-corrected chi connectivity index (χ1v) is 6.37. The molecule has 0 rings (SSSR count). The van der Waals surface area contributed by atoms with Gasteiger partial charge in [-0.05, 0) is 36.5 Å². The van der Waals surface area contributed by atoms with E-state index in [1.165, 1.54) is 18.4 Å². The molecule has 0 radical (unpaired) electrons. The summed E-state index contributed by atoms with van der Waals surface area (Å²) < 4.78 is 0. The van der Waals surface area contributed by atoms with E-state index in [9.17, 15) is 0 Å². The molecule has 0 saturated carbocycles. The Balaban J connectivity index is 4.50. The highest BCUT2D eigenvalue weighted by atomic mass is 14.4. The molecular formula is C15H30. The standard InChI is InChI=1S/C15H30/c1-9-12(4)10-15(7,8)14(6)13(5)11(2)3/h12-14H,2,9-10H2,1,3-8H3. The molecular weight excluding hydrogens is 180 g/mol. The number of hydrogen-bond donors (Lipinski definition) is 0. The van der Waals surface area contributed by atoms with Crippen LogP contribution in [-0.4, -0.2) is 0 Å². The number of hydrogen-bond acceptors (Lipinski definition) is 0. The van der Waals surface area contributed by atoms with E-state index in [0.717, 1.165) is 5.92 Å². The molecule has 0 spiro atoms. The smallest absolute Gasteiger partial charge is 0.0206 e. The predicted molar refractivity (Wildman–Crippen MR) is 71.0 cm³/mol. The summed E-state index contributed by atoms with van der Waals surface area (Å²) >= 11 is 0. The molecule has 90 valence electrons. The van der Waals surface area contributed by atoms with Crippen molar-refractivity contribution in [3.8, 4) is 0 Å². The van der Waals surface area contributed by atoms with E-state index in [4.69, 9.17) is 0 Å². The third-order valence-electron chi connectivity index (χ3n) is 4.33. The predicted octanol–water partition coefficient (Wildman–Crippen LogP) is 5.30. The van der Waals surface area contributed by atoms with Crippen LogP contribution in [0.2, 0.25) is 0 Å². The van der Waals surface area contributed by atoms with Crippen LogP contribution in [0.5, 0.6) is 0 Å². The average molecular weight is 210 g/mol. The lowest BCUT2D eigenvalue weighted by Gasteiger charge is -2.38. The molecule has 0 aromatic rings. The van der Waals surface area contributed by atoms with Crippen LogP contribution in [0.25, 0.3) is 0 Å². The van der Waals surface area contributed by atoms with Crippen molar-refractivity contribution in [3.05, 3.63) is 12.2 Å². The van der Waals surface area contributed by atoms with Crippen molar-refractivity contribution in [2.45, 2.75) is 61.3 Å². The highest BCUT2D eigenvalue weighted by Crippen LogP contribution is 2.40. The van der Waals surface area contributed by atoms with E-state index in [0.29, 0.717) is 17.3 Å². The number of allylic oxidation sites excluding steroid dienone is 1. The van der Waals surface area contributed by atoms with Crippen molar-refractivity contribution in [1.82, 2.24) is 0 Å². The van der Waals surface area contributed by atoms with Gasteiger partial charge >= 0.3 is 0 Å². The second-order valence-electron chi connectivity index (χ2n) is 6.13. The molecule has 0 aliphatic rings. The monoisotopic (exact) mass is 210 g/mol. The lowest BCUT2D eigenvalue weighted by atomic mass is 9.67. The van der Waals surface area contributed by atoms with Gasteiger partial charge in [0.2, 0.25) is 0 Å². The fraction of sp³-hybridized carbons (Fsp3) is 0.867. The Morgan fingerprint density at radius 3 is 2.00 bits per heavy atom. The lowest BCUT2D eigenvalue weighted by Crippen LogP contribution is -2.29. The molecule has 0 heterocycles.